The predicted octanol–water partition coefficient (Wildman–Crippen LogP) is 3.83. The Balaban J connectivity index is 2.55. The number of carbonyl (C=O) groups is 1. The van der Waals surface area contributed by atoms with Gasteiger partial charge in [0, 0.05) is 24.7 Å². The topological polar surface area (TPSA) is 58.4 Å². The number of amides is 2. The van der Waals surface area contributed by atoms with Crippen molar-refractivity contribution in [3.05, 3.63) is 28.2 Å². The standard InChI is InChI=1S/C14H21Cl2N3O/c1-9(2)12(17)6-7-19(3)14(20)18-13-8-10(15)4-5-11(13)16/h4-5,8-9,12H,6-7,17H2,1-3H3,(H,18,20). The molecular formula is C14H21Cl2N3O. The minimum atomic E-state index is -0.231. The number of halogens is 2. The molecule has 2 amide bonds. The Hall–Kier alpha value is -0.970. The van der Waals surface area contributed by atoms with E-state index in [4.69, 9.17) is 28.9 Å². The Labute approximate surface area is 130 Å². The van der Waals surface area contributed by atoms with E-state index in [0.29, 0.717) is 28.2 Å². The van der Waals surface area contributed by atoms with E-state index in [0.717, 1.165) is 6.42 Å². The van der Waals surface area contributed by atoms with Crippen molar-refractivity contribution in [3.8, 4) is 0 Å². The molecule has 0 aromatic heterocycles. The van der Waals surface area contributed by atoms with Crippen LogP contribution in [0.3, 0.4) is 0 Å². The van der Waals surface area contributed by atoms with Gasteiger partial charge in [-0.15, -0.1) is 0 Å². The predicted molar refractivity (Wildman–Crippen MR) is 85.5 cm³/mol. The zero-order valence-corrected chi connectivity index (χ0v) is 13.5. The van der Waals surface area contributed by atoms with E-state index in [1.807, 2.05) is 0 Å². The van der Waals surface area contributed by atoms with Crippen LogP contribution < -0.4 is 11.1 Å². The lowest BCUT2D eigenvalue weighted by Crippen LogP contribution is -2.36. The average molecular weight is 318 g/mol. The molecular weight excluding hydrogens is 297 g/mol. The minimum absolute atomic E-state index is 0.0833. The van der Waals surface area contributed by atoms with Crippen molar-refractivity contribution >= 4 is 34.9 Å². The van der Waals surface area contributed by atoms with E-state index in [1.54, 1.807) is 30.1 Å². The first-order valence-corrected chi connectivity index (χ1v) is 7.29. The van der Waals surface area contributed by atoms with E-state index in [9.17, 15) is 4.79 Å². The summed E-state index contributed by atoms with van der Waals surface area (Å²) >= 11 is 11.9. The summed E-state index contributed by atoms with van der Waals surface area (Å²) in [4.78, 5) is 13.6. The number of nitrogens with one attached hydrogen (secondary N) is 1. The van der Waals surface area contributed by atoms with Gasteiger partial charge in [-0.2, -0.15) is 0 Å². The molecule has 0 aliphatic heterocycles. The molecule has 1 atom stereocenters. The van der Waals surface area contributed by atoms with Crippen LogP contribution in [0.2, 0.25) is 10.0 Å². The normalized spacial score (nSPS) is 12.3. The monoisotopic (exact) mass is 317 g/mol. The lowest BCUT2D eigenvalue weighted by Gasteiger charge is -2.22. The molecule has 0 aliphatic rings. The molecule has 0 bridgehead atoms. The summed E-state index contributed by atoms with van der Waals surface area (Å²) in [6, 6.07) is 4.79. The quantitative estimate of drug-likeness (QED) is 0.867. The van der Waals surface area contributed by atoms with Gasteiger partial charge >= 0.3 is 6.03 Å². The Morgan fingerprint density at radius 2 is 2.05 bits per heavy atom. The van der Waals surface area contributed by atoms with Crippen molar-refractivity contribution in [3.63, 3.8) is 0 Å². The molecule has 0 fully saturated rings. The molecule has 20 heavy (non-hydrogen) atoms. The maximum atomic E-state index is 12.0. The number of carbonyl (C=O) groups excluding carboxylic acids is 1. The van der Waals surface area contributed by atoms with Gasteiger partial charge < -0.3 is 16.0 Å². The van der Waals surface area contributed by atoms with Crippen LogP contribution in [-0.4, -0.2) is 30.6 Å². The third-order valence-electron chi connectivity index (χ3n) is 3.17. The lowest BCUT2D eigenvalue weighted by atomic mass is 10.0. The van der Waals surface area contributed by atoms with Gasteiger partial charge in [0.25, 0.3) is 0 Å². The second-order valence-corrected chi connectivity index (χ2v) is 6.02. The lowest BCUT2D eigenvalue weighted by molar-refractivity contribution is 0.219. The Morgan fingerprint density at radius 3 is 2.65 bits per heavy atom. The van der Waals surface area contributed by atoms with Crippen LogP contribution in [-0.2, 0) is 0 Å². The molecule has 0 saturated carbocycles. The third kappa shape index (κ3) is 5.19. The fourth-order valence-corrected chi connectivity index (χ4v) is 1.92. The zero-order chi connectivity index (χ0) is 15.3. The van der Waals surface area contributed by atoms with Crippen molar-refractivity contribution in [2.24, 2.45) is 11.7 Å². The smallest absolute Gasteiger partial charge is 0.321 e. The number of anilines is 1. The molecule has 0 saturated heterocycles. The Kier molecular flexibility index (Phi) is 6.59. The highest BCUT2D eigenvalue weighted by Crippen LogP contribution is 2.25. The number of benzene rings is 1. The average Bonchev–Trinajstić information content (AvgIpc) is 2.39. The fraction of sp³-hybridized carbons (Fsp3) is 0.500. The van der Waals surface area contributed by atoms with Crippen molar-refractivity contribution in [2.45, 2.75) is 26.3 Å². The molecule has 1 unspecified atom stereocenters. The second kappa shape index (κ2) is 7.72. The highest BCUT2D eigenvalue weighted by atomic mass is 35.5. The maximum absolute atomic E-state index is 12.0. The van der Waals surface area contributed by atoms with Gasteiger partial charge in [0.2, 0.25) is 0 Å². The summed E-state index contributed by atoms with van der Waals surface area (Å²) in [7, 11) is 1.72. The van der Waals surface area contributed by atoms with Crippen LogP contribution in [0.25, 0.3) is 0 Å². The van der Waals surface area contributed by atoms with Crippen LogP contribution in [0.15, 0.2) is 18.2 Å². The van der Waals surface area contributed by atoms with Crippen molar-refractivity contribution < 1.29 is 4.79 Å². The van der Waals surface area contributed by atoms with Crippen LogP contribution in [0.5, 0.6) is 0 Å². The highest BCUT2D eigenvalue weighted by molar-refractivity contribution is 6.35. The number of nitrogens with two attached hydrogens (primary N) is 1. The molecule has 0 aliphatic carbocycles. The van der Waals surface area contributed by atoms with Crippen molar-refractivity contribution in [1.29, 1.82) is 0 Å². The number of urea groups is 1. The van der Waals surface area contributed by atoms with Gasteiger partial charge in [-0.1, -0.05) is 37.0 Å². The molecule has 6 heteroatoms. The molecule has 112 valence electrons. The maximum Gasteiger partial charge on any atom is 0.321 e. The van der Waals surface area contributed by atoms with Crippen molar-refractivity contribution in [1.82, 2.24) is 4.90 Å². The molecule has 4 nitrogen and oxygen atoms in total. The van der Waals surface area contributed by atoms with E-state index < -0.39 is 0 Å². The molecule has 0 radical (unpaired) electrons. The van der Waals surface area contributed by atoms with Gasteiger partial charge in [0.05, 0.1) is 10.7 Å². The summed E-state index contributed by atoms with van der Waals surface area (Å²) in [6.07, 6.45) is 0.755. The summed E-state index contributed by atoms with van der Waals surface area (Å²) < 4.78 is 0. The summed E-state index contributed by atoms with van der Waals surface area (Å²) in [5.41, 5.74) is 6.47. The minimum Gasteiger partial charge on any atom is -0.328 e. The molecule has 1 aromatic carbocycles. The largest absolute Gasteiger partial charge is 0.328 e. The van der Waals surface area contributed by atoms with E-state index in [2.05, 4.69) is 19.2 Å². The summed E-state index contributed by atoms with van der Waals surface area (Å²) in [5.74, 6) is 0.397. The first-order chi connectivity index (χ1) is 9.31. The van der Waals surface area contributed by atoms with Gasteiger partial charge in [-0.05, 0) is 30.5 Å². The highest BCUT2D eigenvalue weighted by Gasteiger charge is 2.14. The summed E-state index contributed by atoms with van der Waals surface area (Å²) in [5, 5.41) is 3.71. The number of hydrogen-bond donors (Lipinski definition) is 2. The van der Waals surface area contributed by atoms with Crippen LogP contribution in [0.1, 0.15) is 20.3 Å². The van der Waals surface area contributed by atoms with Gasteiger partial charge in [-0.3, -0.25) is 0 Å². The van der Waals surface area contributed by atoms with Crippen LogP contribution >= 0.6 is 23.2 Å². The van der Waals surface area contributed by atoms with Crippen molar-refractivity contribution in [2.75, 3.05) is 18.9 Å². The zero-order valence-electron chi connectivity index (χ0n) is 12.0. The van der Waals surface area contributed by atoms with Gasteiger partial charge in [-0.25, -0.2) is 4.79 Å². The van der Waals surface area contributed by atoms with Crippen LogP contribution in [0, 0.1) is 5.92 Å². The Morgan fingerprint density at radius 1 is 1.40 bits per heavy atom. The molecule has 0 spiro atoms. The van der Waals surface area contributed by atoms with Crippen LogP contribution in [0.4, 0.5) is 10.5 Å². The first-order valence-electron chi connectivity index (χ1n) is 6.54. The SMILES string of the molecule is CC(C)C(N)CCN(C)C(=O)Nc1cc(Cl)ccc1Cl. The van der Waals surface area contributed by atoms with Gasteiger partial charge in [0.15, 0.2) is 0 Å². The second-order valence-electron chi connectivity index (χ2n) is 5.17. The number of hydrogen-bond acceptors (Lipinski definition) is 2. The first kappa shape index (κ1) is 17.1. The Bertz CT molecular complexity index is 466. The van der Waals surface area contributed by atoms with Gasteiger partial charge in [0.1, 0.15) is 0 Å². The molecule has 0 heterocycles. The fourth-order valence-electron chi connectivity index (χ4n) is 1.58. The number of rotatable bonds is 5. The molecule has 1 aromatic rings. The third-order valence-corrected chi connectivity index (χ3v) is 3.74. The molecule has 3 N–H and O–H groups in total. The molecule has 1 rings (SSSR count). The van der Waals surface area contributed by atoms with E-state index in [1.165, 1.54) is 0 Å². The van der Waals surface area contributed by atoms with E-state index in [-0.39, 0.29) is 12.1 Å². The number of nitrogens with zero attached hydrogens (tertiary/aromatic N) is 1. The van der Waals surface area contributed by atoms with E-state index >= 15 is 0 Å². The summed E-state index contributed by atoms with van der Waals surface area (Å²) in [6.45, 7) is 4.72.